The van der Waals surface area contributed by atoms with Gasteiger partial charge in [-0.15, -0.1) is 0 Å². The van der Waals surface area contributed by atoms with Crippen molar-refractivity contribution in [3.8, 4) is 0 Å². The van der Waals surface area contributed by atoms with Crippen molar-refractivity contribution < 1.29 is 0 Å². The number of aryl methyl sites for hydroxylation is 3. The van der Waals surface area contributed by atoms with Crippen molar-refractivity contribution in [2.75, 3.05) is 11.4 Å². The summed E-state index contributed by atoms with van der Waals surface area (Å²) in [5.74, 6) is 1.01. The normalized spacial score (nSPS) is 15.2. The van der Waals surface area contributed by atoms with Crippen molar-refractivity contribution in [1.29, 1.82) is 0 Å². The number of hydrogen-bond acceptors (Lipinski definition) is 3. The maximum absolute atomic E-state index is 13.3. The predicted molar refractivity (Wildman–Crippen MR) is 109 cm³/mol. The summed E-state index contributed by atoms with van der Waals surface area (Å²) in [7, 11) is 0. The summed E-state index contributed by atoms with van der Waals surface area (Å²) >= 11 is 6.34. The molecule has 1 heterocycles. The third-order valence-corrected chi connectivity index (χ3v) is 5.68. The van der Waals surface area contributed by atoms with Crippen molar-refractivity contribution >= 4 is 23.1 Å². The first-order valence-corrected chi connectivity index (χ1v) is 9.89. The van der Waals surface area contributed by atoms with E-state index in [9.17, 15) is 4.79 Å². The van der Waals surface area contributed by atoms with Crippen LogP contribution in [-0.4, -0.2) is 16.1 Å². The second kappa shape index (κ2) is 7.43. The number of anilines is 2. The van der Waals surface area contributed by atoms with Gasteiger partial charge in [0.1, 0.15) is 5.15 Å². The van der Waals surface area contributed by atoms with Gasteiger partial charge in [0, 0.05) is 24.5 Å². The molecule has 1 saturated carbocycles. The Hall–Kier alpha value is -1.81. The molecule has 0 bridgehead atoms. The SMILES string of the molecule is CC[C@H](C1CC1)n1cc(Cl)nc(N(CC)c2cc(C)c(C)cc2C)c1=O. The van der Waals surface area contributed by atoms with E-state index in [0.29, 0.717) is 23.4 Å². The van der Waals surface area contributed by atoms with Gasteiger partial charge in [0.25, 0.3) is 5.56 Å². The van der Waals surface area contributed by atoms with E-state index in [2.05, 4.69) is 44.8 Å². The maximum atomic E-state index is 13.3. The largest absolute Gasteiger partial charge is 0.322 e. The number of nitrogens with zero attached hydrogens (tertiary/aromatic N) is 3. The van der Waals surface area contributed by atoms with Crippen molar-refractivity contribution in [2.24, 2.45) is 5.92 Å². The van der Waals surface area contributed by atoms with Crippen molar-refractivity contribution in [2.45, 2.75) is 59.9 Å². The van der Waals surface area contributed by atoms with Gasteiger partial charge in [-0.05, 0) is 75.6 Å². The van der Waals surface area contributed by atoms with Gasteiger partial charge in [-0.3, -0.25) is 4.79 Å². The highest BCUT2D eigenvalue weighted by Gasteiger charge is 2.33. The zero-order chi connectivity index (χ0) is 19.0. The first kappa shape index (κ1) is 19.0. The van der Waals surface area contributed by atoms with E-state index >= 15 is 0 Å². The predicted octanol–water partition coefficient (Wildman–Crippen LogP) is 5.34. The van der Waals surface area contributed by atoms with E-state index in [0.717, 1.165) is 17.7 Å². The third kappa shape index (κ3) is 3.52. The minimum atomic E-state index is -0.0485. The van der Waals surface area contributed by atoms with Crippen molar-refractivity contribution in [3.05, 3.63) is 50.5 Å². The zero-order valence-corrected chi connectivity index (χ0v) is 17.1. The maximum Gasteiger partial charge on any atom is 0.294 e. The van der Waals surface area contributed by atoms with Crippen LogP contribution in [0.25, 0.3) is 0 Å². The molecule has 0 amide bonds. The molecule has 3 rings (SSSR count). The highest BCUT2D eigenvalue weighted by molar-refractivity contribution is 6.29. The van der Waals surface area contributed by atoms with Crippen LogP contribution in [0.5, 0.6) is 0 Å². The Kier molecular flexibility index (Phi) is 5.42. The Balaban J connectivity index is 2.14. The second-order valence-electron chi connectivity index (χ2n) is 7.38. The Morgan fingerprint density at radius 1 is 1.19 bits per heavy atom. The fourth-order valence-corrected chi connectivity index (χ4v) is 3.98. The fourth-order valence-electron chi connectivity index (χ4n) is 3.80. The van der Waals surface area contributed by atoms with Gasteiger partial charge in [-0.1, -0.05) is 24.6 Å². The lowest BCUT2D eigenvalue weighted by Gasteiger charge is -2.26. The third-order valence-electron chi connectivity index (χ3n) is 5.50. The van der Waals surface area contributed by atoms with E-state index in [4.69, 9.17) is 11.6 Å². The average molecular weight is 374 g/mol. The Labute approximate surface area is 160 Å². The summed E-state index contributed by atoms with van der Waals surface area (Å²) in [5.41, 5.74) is 4.56. The lowest BCUT2D eigenvalue weighted by Crippen LogP contribution is -2.33. The minimum absolute atomic E-state index is 0.0485. The van der Waals surface area contributed by atoms with Gasteiger partial charge in [0.05, 0.1) is 0 Å². The van der Waals surface area contributed by atoms with Crippen LogP contribution in [0, 0.1) is 26.7 Å². The van der Waals surface area contributed by atoms with Crippen LogP contribution in [-0.2, 0) is 0 Å². The summed E-state index contributed by atoms with van der Waals surface area (Å²) in [6.45, 7) is 11.1. The molecule has 4 nitrogen and oxygen atoms in total. The number of hydrogen-bond donors (Lipinski definition) is 0. The molecule has 26 heavy (non-hydrogen) atoms. The van der Waals surface area contributed by atoms with Crippen LogP contribution in [0.15, 0.2) is 23.1 Å². The van der Waals surface area contributed by atoms with Crippen LogP contribution >= 0.6 is 11.6 Å². The highest BCUT2D eigenvalue weighted by atomic mass is 35.5. The number of rotatable bonds is 6. The average Bonchev–Trinajstić information content (AvgIpc) is 3.42. The van der Waals surface area contributed by atoms with Crippen molar-refractivity contribution in [3.63, 3.8) is 0 Å². The Morgan fingerprint density at radius 3 is 2.42 bits per heavy atom. The monoisotopic (exact) mass is 373 g/mol. The quantitative estimate of drug-likeness (QED) is 0.685. The molecule has 1 atom stereocenters. The van der Waals surface area contributed by atoms with Crippen LogP contribution in [0.1, 0.15) is 55.8 Å². The zero-order valence-electron chi connectivity index (χ0n) is 16.3. The highest BCUT2D eigenvalue weighted by Crippen LogP contribution is 2.41. The molecule has 1 aliphatic rings. The smallest absolute Gasteiger partial charge is 0.294 e. The van der Waals surface area contributed by atoms with E-state index in [1.54, 1.807) is 6.20 Å². The molecule has 1 aliphatic carbocycles. The van der Waals surface area contributed by atoms with Gasteiger partial charge in [-0.25, -0.2) is 4.98 Å². The Morgan fingerprint density at radius 2 is 1.85 bits per heavy atom. The number of benzene rings is 1. The summed E-state index contributed by atoms with van der Waals surface area (Å²) in [6.07, 6.45) is 5.02. The molecule has 1 fully saturated rings. The molecular formula is C21H28ClN3O. The van der Waals surface area contributed by atoms with Crippen LogP contribution in [0.3, 0.4) is 0 Å². The standard InChI is InChI=1S/C21H28ClN3O/c1-6-17(16-8-9-16)25-12-19(22)23-20(21(25)26)24(7-2)18-11-14(4)13(3)10-15(18)5/h10-12,16-17H,6-9H2,1-5H3/t17-/m1/s1. The van der Waals surface area contributed by atoms with Gasteiger partial charge < -0.3 is 9.47 Å². The molecule has 140 valence electrons. The molecule has 1 aromatic heterocycles. The first-order chi connectivity index (χ1) is 12.4. The molecule has 0 saturated heterocycles. The molecule has 5 heteroatoms. The summed E-state index contributed by atoms with van der Waals surface area (Å²) < 4.78 is 1.82. The fraction of sp³-hybridized carbons (Fsp3) is 0.524. The molecule has 0 spiro atoms. The molecule has 1 aromatic carbocycles. The van der Waals surface area contributed by atoms with E-state index in [-0.39, 0.29) is 11.6 Å². The molecule has 0 unspecified atom stereocenters. The van der Waals surface area contributed by atoms with E-state index in [1.807, 2.05) is 16.4 Å². The van der Waals surface area contributed by atoms with E-state index in [1.165, 1.54) is 24.0 Å². The molecule has 2 aromatic rings. The minimum Gasteiger partial charge on any atom is -0.322 e. The van der Waals surface area contributed by atoms with Crippen LogP contribution in [0.2, 0.25) is 5.15 Å². The second-order valence-corrected chi connectivity index (χ2v) is 7.77. The molecule has 0 radical (unpaired) electrons. The first-order valence-electron chi connectivity index (χ1n) is 9.51. The lowest BCUT2D eigenvalue weighted by atomic mass is 10.0. The van der Waals surface area contributed by atoms with Gasteiger partial charge in [0.2, 0.25) is 5.82 Å². The molecule has 0 aliphatic heterocycles. The van der Waals surface area contributed by atoms with E-state index < -0.39 is 0 Å². The van der Waals surface area contributed by atoms with Gasteiger partial charge in [0.15, 0.2) is 0 Å². The molecular weight excluding hydrogens is 346 g/mol. The topological polar surface area (TPSA) is 38.1 Å². The number of aromatic nitrogens is 2. The Bertz CT molecular complexity index is 870. The summed E-state index contributed by atoms with van der Waals surface area (Å²) in [5, 5.41) is 0.374. The van der Waals surface area contributed by atoms with Crippen LogP contribution < -0.4 is 10.5 Å². The molecule has 0 N–H and O–H groups in total. The van der Waals surface area contributed by atoms with Crippen LogP contribution in [0.4, 0.5) is 11.5 Å². The lowest BCUT2D eigenvalue weighted by molar-refractivity contribution is 0.419. The number of halogens is 1. The summed E-state index contributed by atoms with van der Waals surface area (Å²) in [6, 6.07) is 4.51. The van der Waals surface area contributed by atoms with Gasteiger partial charge >= 0.3 is 0 Å². The van der Waals surface area contributed by atoms with Crippen molar-refractivity contribution in [1.82, 2.24) is 9.55 Å². The summed E-state index contributed by atoms with van der Waals surface area (Å²) in [4.78, 5) is 19.7. The van der Waals surface area contributed by atoms with Gasteiger partial charge in [-0.2, -0.15) is 0 Å².